The van der Waals surface area contributed by atoms with E-state index in [1.165, 1.54) is 173 Å². The Morgan fingerprint density at radius 2 is 0.516 bits per heavy atom. The van der Waals surface area contributed by atoms with Crippen molar-refractivity contribution in [2.75, 3.05) is 39.6 Å². The van der Waals surface area contributed by atoms with Crippen LogP contribution >= 0.6 is 15.6 Å². The summed E-state index contributed by atoms with van der Waals surface area (Å²) in [6.45, 7) is 14.2. The molecule has 0 radical (unpaired) electrons. The van der Waals surface area contributed by atoms with Crippen molar-refractivity contribution < 1.29 is 80.2 Å². The predicted molar refractivity (Wildman–Crippen MR) is 377 cm³/mol. The lowest BCUT2D eigenvalue weighted by Crippen LogP contribution is -2.30. The number of ether oxygens (including phenoxy) is 4. The molecule has 93 heavy (non-hydrogen) atoms. The van der Waals surface area contributed by atoms with E-state index in [0.717, 1.165) is 114 Å². The Balaban J connectivity index is 5.25. The molecule has 0 fully saturated rings. The molecule has 0 saturated heterocycles. The highest BCUT2D eigenvalue weighted by Crippen LogP contribution is 2.45. The third-order valence-corrected chi connectivity index (χ3v) is 19.3. The molecule has 0 bridgehead atoms. The Morgan fingerprint density at radius 3 is 0.763 bits per heavy atom. The zero-order chi connectivity index (χ0) is 68.9. The Bertz CT molecular complexity index is 1840. The van der Waals surface area contributed by atoms with Crippen LogP contribution in [0.25, 0.3) is 0 Å². The number of aliphatic hydroxyl groups excluding tert-OH is 1. The van der Waals surface area contributed by atoms with E-state index in [-0.39, 0.29) is 25.7 Å². The standard InChI is InChI=1S/C74H144O17P2/c1-9-67(8)53-45-37-29-19-16-17-21-33-41-49-57-74(79)91-70(61-85-72(77)55-47-39-31-25-23-28-36-44-52-66(6)7)63-89-93(82,83)87-59-68(75)58-86-92(80,81)88-62-69(60-84-71(76)54-46-38-30-24-22-27-35-43-51-65(4)5)90-73(78)56-48-40-32-20-15-13-11-10-12-14-18-26-34-42-50-64(2)3/h64-70,75H,9-63H2,1-8H3,(H,80,81)(H,82,83)/t67?,68?,69-,70-/m1/s1. The van der Waals surface area contributed by atoms with Gasteiger partial charge in [0, 0.05) is 25.7 Å². The van der Waals surface area contributed by atoms with Gasteiger partial charge < -0.3 is 33.8 Å². The topological polar surface area (TPSA) is 237 Å². The lowest BCUT2D eigenvalue weighted by atomic mass is 9.99. The molecule has 0 saturated carbocycles. The van der Waals surface area contributed by atoms with Crippen LogP contribution in [-0.4, -0.2) is 96.7 Å². The lowest BCUT2D eigenvalue weighted by Gasteiger charge is -2.21. The van der Waals surface area contributed by atoms with Crippen LogP contribution in [0.15, 0.2) is 0 Å². The maximum Gasteiger partial charge on any atom is 0.472 e. The zero-order valence-electron chi connectivity index (χ0n) is 60.9. The van der Waals surface area contributed by atoms with E-state index in [1.54, 1.807) is 0 Å². The van der Waals surface area contributed by atoms with Crippen molar-refractivity contribution in [3.63, 3.8) is 0 Å². The Morgan fingerprint density at radius 1 is 0.301 bits per heavy atom. The van der Waals surface area contributed by atoms with Crippen LogP contribution in [0.5, 0.6) is 0 Å². The maximum absolute atomic E-state index is 13.1. The van der Waals surface area contributed by atoms with Gasteiger partial charge in [0.25, 0.3) is 0 Å². The fourth-order valence-electron chi connectivity index (χ4n) is 11.2. The molecule has 0 rings (SSSR count). The minimum atomic E-state index is -4.96. The largest absolute Gasteiger partial charge is 0.472 e. The summed E-state index contributed by atoms with van der Waals surface area (Å²) in [7, 11) is -9.91. The number of esters is 4. The van der Waals surface area contributed by atoms with Crippen molar-refractivity contribution >= 4 is 39.5 Å². The molecule has 19 heteroatoms. The van der Waals surface area contributed by atoms with Crippen LogP contribution in [0.4, 0.5) is 0 Å². The molecule has 4 unspecified atom stereocenters. The molecule has 0 aliphatic rings. The zero-order valence-corrected chi connectivity index (χ0v) is 62.7. The van der Waals surface area contributed by atoms with Crippen molar-refractivity contribution in [2.45, 2.75) is 388 Å². The molecule has 552 valence electrons. The third kappa shape index (κ3) is 67.0. The lowest BCUT2D eigenvalue weighted by molar-refractivity contribution is -0.161. The van der Waals surface area contributed by atoms with Gasteiger partial charge in [-0.3, -0.25) is 37.3 Å². The SMILES string of the molecule is CCC(C)CCCCCCCCCCCCC(=O)O[C@H](COC(=O)CCCCCCCCCCC(C)C)COP(=O)(O)OCC(O)COP(=O)(O)OC[C@@H](COC(=O)CCCCCCCCCCC(C)C)OC(=O)CCCCCCCCCCCCCCCCC(C)C. The summed E-state index contributed by atoms with van der Waals surface area (Å²) >= 11 is 0. The Kier molecular flexibility index (Phi) is 62.2. The molecular weight excluding hydrogens is 1220 g/mol. The third-order valence-electron chi connectivity index (χ3n) is 17.4. The van der Waals surface area contributed by atoms with Gasteiger partial charge in [-0.2, -0.15) is 0 Å². The molecule has 0 aliphatic carbocycles. The predicted octanol–water partition coefficient (Wildman–Crippen LogP) is 21.3. The van der Waals surface area contributed by atoms with E-state index in [2.05, 4.69) is 55.4 Å². The average molecular weight is 1370 g/mol. The van der Waals surface area contributed by atoms with Crippen LogP contribution in [0.1, 0.15) is 370 Å². The second-order valence-corrected chi connectivity index (χ2v) is 31.3. The first-order chi connectivity index (χ1) is 44.6. The highest BCUT2D eigenvalue weighted by molar-refractivity contribution is 7.47. The minimum absolute atomic E-state index is 0.105. The number of rotatable bonds is 71. The molecule has 0 aromatic heterocycles. The highest BCUT2D eigenvalue weighted by Gasteiger charge is 2.30. The molecule has 0 aliphatic heterocycles. The molecule has 3 N–H and O–H groups in total. The van der Waals surface area contributed by atoms with Crippen molar-refractivity contribution in [2.24, 2.45) is 23.7 Å². The monoisotopic (exact) mass is 1370 g/mol. The van der Waals surface area contributed by atoms with Gasteiger partial charge in [-0.25, -0.2) is 9.13 Å². The second-order valence-electron chi connectivity index (χ2n) is 28.4. The van der Waals surface area contributed by atoms with Crippen LogP contribution in [0.3, 0.4) is 0 Å². The number of phosphoric ester groups is 2. The summed E-state index contributed by atoms with van der Waals surface area (Å²) in [5.41, 5.74) is 0. The van der Waals surface area contributed by atoms with Gasteiger partial charge >= 0.3 is 39.5 Å². The summed E-state index contributed by atoms with van der Waals surface area (Å²) in [6, 6.07) is 0. The van der Waals surface area contributed by atoms with Crippen LogP contribution in [0.2, 0.25) is 0 Å². The fraction of sp³-hybridized carbons (Fsp3) is 0.946. The highest BCUT2D eigenvalue weighted by atomic mass is 31.2. The number of aliphatic hydroxyl groups is 1. The van der Waals surface area contributed by atoms with Crippen molar-refractivity contribution in [1.29, 1.82) is 0 Å². The van der Waals surface area contributed by atoms with Gasteiger partial charge in [-0.15, -0.1) is 0 Å². The number of hydrogen-bond donors (Lipinski definition) is 3. The molecule has 0 spiro atoms. The van der Waals surface area contributed by atoms with E-state index in [1.807, 2.05) is 0 Å². The van der Waals surface area contributed by atoms with Gasteiger partial charge in [0.15, 0.2) is 12.2 Å². The molecular formula is C74H144O17P2. The van der Waals surface area contributed by atoms with Crippen molar-refractivity contribution in [1.82, 2.24) is 0 Å². The van der Waals surface area contributed by atoms with Gasteiger partial charge in [-0.05, 0) is 49.4 Å². The first-order valence-corrected chi connectivity index (χ1v) is 41.2. The second kappa shape index (κ2) is 63.5. The number of hydrogen-bond acceptors (Lipinski definition) is 15. The normalized spacial score (nSPS) is 14.5. The van der Waals surface area contributed by atoms with E-state index in [9.17, 15) is 43.2 Å². The molecule has 0 aromatic carbocycles. The number of phosphoric acid groups is 2. The van der Waals surface area contributed by atoms with Crippen LogP contribution < -0.4 is 0 Å². The van der Waals surface area contributed by atoms with E-state index in [4.69, 9.17) is 37.0 Å². The maximum atomic E-state index is 13.1. The van der Waals surface area contributed by atoms with E-state index < -0.39 is 97.5 Å². The Hall–Kier alpha value is -1.94. The van der Waals surface area contributed by atoms with E-state index in [0.29, 0.717) is 25.7 Å². The summed E-state index contributed by atoms with van der Waals surface area (Å²) in [5.74, 6) is 0.926. The number of carbonyl (C=O) groups is 4. The number of unbranched alkanes of at least 4 members (excludes halogenated alkanes) is 36. The molecule has 0 heterocycles. The summed E-state index contributed by atoms with van der Waals surface area (Å²) in [5, 5.41) is 10.6. The van der Waals surface area contributed by atoms with Gasteiger partial charge in [0.2, 0.25) is 0 Å². The summed E-state index contributed by atoms with van der Waals surface area (Å²) in [6.07, 6.45) is 47.2. The minimum Gasteiger partial charge on any atom is -0.462 e. The smallest absolute Gasteiger partial charge is 0.462 e. The molecule has 0 amide bonds. The van der Waals surface area contributed by atoms with Gasteiger partial charge in [0.1, 0.15) is 19.3 Å². The molecule has 17 nitrogen and oxygen atoms in total. The van der Waals surface area contributed by atoms with Crippen molar-refractivity contribution in [3.05, 3.63) is 0 Å². The van der Waals surface area contributed by atoms with Gasteiger partial charge in [-0.1, -0.05) is 319 Å². The Labute approximate surface area is 568 Å². The first kappa shape index (κ1) is 91.1. The number of carbonyl (C=O) groups excluding carboxylic acids is 4. The molecule has 0 aromatic rings. The fourth-order valence-corrected chi connectivity index (χ4v) is 12.7. The van der Waals surface area contributed by atoms with Crippen molar-refractivity contribution in [3.8, 4) is 0 Å². The van der Waals surface area contributed by atoms with E-state index >= 15 is 0 Å². The quantitative estimate of drug-likeness (QED) is 0.0222. The van der Waals surface area contributed by atoms with Gasteiger partial charge in [0.05, 0.1) is 26.4 Å². The summed E-state index contributed by atoms with van der Waals surface area (Å²) < 4.78 is 68.5. The van der Waals surface area contributed by atoms with Crippen LogP contribution in [0, 0.1) is 23.7 Å². The molecule has 6 atom stereocenters. The average Bonchev–Trinajstić information content (AvgIpc) is 2.75. The summed E-state index contributed by atoms with van der Waals surface area (Å²) in [4.78, 5) is 72.7. The van der Waals surface area contributed by atoms with Crippen LogP contribution in [-0.2, 0) is 65.4 Å². The first-order valence-electron chi connectivity index (χ1n) is 38.2.